The first kappa shape index (κ1) is 11.4. The summed E-state index contributed by atoms with van der Waals surface area (Å²) in [7, 11) is 0. The zero-order chi connectivity index (χ0) is 12.4. The number of hydrogen-bond donors (Lipinski definition) is 1. The smallest absolute Gasteiger partial charge is 0.214 e. The molecular formula is C12H15N5S. The third-order valence-corrected chi connectivity index (χ3v) is 3.42. The van der Waals surface area contributed by atoms with Crippen molar-refractivity contribution in [2.75, 3.05) is 18.1 Å². The Morgan fingerprint density at radius 2 is 2.00 bits per heavy atom. The molecular weight excluding hydrogens is 246 g/mol. The molecule has 3 heterocycles. The van der Waals surface area contributed by atoms with Gasteiger partial charge >= 0.3 is 0 Å². The van der Waals surface area contributed by atoms with E-state index in [1.165, 1.54) is 19.3 Å². The highest BCUT2D eigenvalue weighted by atomic mass is 32.1. The van der Waals surface area contributed by atoms with E-state index in [0.717, 1.165) is 24.6 Å². The average molecular weight is 261 g/mol. The standard InChI is InChI=1S/C12H15N5S/c18-12-15-14-11(10-6-2-3-7-13-10)17(12)16-8-4-1-5-9-16/h2-3,6-7H,1,4-5,8-9H2,(H,15,18). The Bertz CT molecular complexity index is 568. The zero-order valence-corrected chi connectivity index (χ0v) is 10.9. The number of rotatable bonds is 2. The lowest BCUT2D eigenvalue weighted by Crippen LogP contribution is -2.39. The van der Waals surface area contributed by atoms with E-state index in [1.54, 1.807) is 6.20 Å². The van der Waals surface area contributed by atoms with Crippen LogP contribution < -0.4 is 5.01 Å². The van der Waals surface area contributed by atoms with Crippen molar-refractivity contribution in [1.82, 2.24) is 19.9 Å². The van der Waals surface area contributed by atoms with Crippen LogP contribution in [0.5, 0.6) is 0 Å². The minimum Gasteiger partial charge on any atom is -0.309 e. The number of nitrogens with zero attached hydrogens (tertiary/aromatic N) is 4. The molecule has 0 saturated carbocycles. The van der Waals surface area contributed by atoms with E-state index in [4.69, 9.17) is 12.2 Å². The Hall–Kier alpha value is -1.69. The van der Waals surface area contributed by atoms with Gasteiger partial charge in [0.05, 0.1) is 0 Å². The van der Waals surface area contributed by atoms with Gasteiger partial charge in [-0.05, 0) is 43.6 Å². The van der Waals surface area contributed by atoms with Crippen molar-refractivity contribution in [2.24, 2.45) is 0 Å². The summed E-state index contributed by atoms with van der Waals surface area (Å²) in [5, 5.41) is 9.42. The summed E-state index contributed by atoms with van der Waals surface area (Å²) in [5.41, 5.74) is 0.843. The minimum absolute atomic E-state index is 0.637. The summed E-state index contributed by atoms with van der Waals surface area (Å²) in [6.07, 6.45) is 5.47. The van der Waals surface area contributed by atoms with Gasteiger partial charge in [-0.15, -0.1) is 0 Å². The van der Waals surface area contributed by atoms with Crippen molar-refractivity contribution >= 4 is 12.2 Å². The normalized spacial score (nSPS) is 15.9. The van der Waals surface area contributed by atoms with Crippen LogP contribution in [0, 0.1) is 4.77 Å². The molecule has 2 aromatic heterocycles. The van der Waals surface area contributed by atoms with Gasteiger partial charge in [-0.1, -0.05) is 6.07 Å². The van der Waals surface area contributed by atoms with Gasteiger partial charge in [-0.2, -0.15) is 5.10 Å². The fourth-order valence-corrected chi connectivity index (χ4v) is 2.54. The molecule has 94 valence electrons. The molecule has 0 aliphatic carbocycles. The van der Waals surface area contributed by atoms with E-state index >= 15 is 0 Å². The van der Waals surface area contributed by atoms with Gasteiger partial charge in [0.2, 0.25) is 4.77 Å². The van der Waals surface area contributed by atoms with Gasteiger partial charge in [0.1, 0.15) is 5.69 Å². The number of aromatic amines is 1. The quantitative estimate of drug-likeness (QED) is 0.841. The Morgan fingerprint density at radius 3 is 2.72 bits per heavy atom. The molecule has 0 atom stereocenters. The number of aromatic nitrogens is 4. The first-order valence-corrected chi connectivity index (χ1v) is 6.61. The second-order valence-corrected chi connectivity index (χ2v) is 4.78. The summed E-state index contributed by atoms with van der Waals surface area (Å²) < 4.78 is 2.62. The van der Waals surface area contributed by atoms with Crippen molar-refractivity contribution in [1.29, 1.82) is 0 Å². The molecule has 0 spiro atoms. The van der Waals surface area contributed by atoms with Crippen LogP contribution in [-0.4, -0.2) is 32.9 Å². The molecule has 0 amide bonds. The van der Waals surface area contributed by atoms with Crippen molar-refractivity contribution in [3.05, 3.63) is 29.2 Å². The van der Waals surface area contributed by atoms with Gasteiger partial charge < -0.3 is 5.01 Å². The van der Waals surface area contributed by atoms with Gasteiger partial charge in [0.25, 0.3) is 0 Å². The lowest BCUT2D eigenvalue weighted by Gasteiger charge is -2.29. The Labute approximate surface area is 110 Å². The number of H-pyrrole nitrogens is 1. The lowest BCUT2D eigenvalue weighted by atomic mass is 10.2. The summed E-state index contributed by atoms with van der Waals surface area (Å²) in [6, 6.07) is 5.81. The second kappa shape index (κ2) is 4.89. The molecule has 1 aliphatic heterocycles. The molecule has 0 unspecified atom stereocenters. The number of pyridine rings is 1. The molecule has 5 nitrogen and oxygen atoms in total. The number of hydrogen-bond acceptors (Lipinski definition) is 4. The first-order chi connectivity index (χ1) is 8.86. The average Bonchev–Trinajstić information content (AvgIpc) is 2.83. The fourth-order valence-electron chi connectivity index (χ4n) is 2.29. The van der Waals surface area contributed by atoms with E-state index in [0.29, 0.717) is 4.77 Å². The van der Waals surface area contributed by atoms with Gasteiger partial charge in [-0.3, -0.25) is 4.98 Å². The number of nitrogens with one attached hydrogen (secondary N) is 1. The molecule has 2 aromatic rings. The molecule has 0 aromatic carbocycles. The van der Waals surface area contributed by atoms with Gasteiger partial charge in [-0.25, -0.2) is 9.77 Å². The molecule has 0 radical (unpaired) electrons. The van der Waals surface area contributed by atoms with E-state index in [9.17, 15) is 0 Å². The highest BCUT2D eigenvalue weighted by Gasteiger charge is 2.17. The molecule has 1 aliphatic rings. The predicted molar refractivity (Wildman–Crippen MR) is 72.4 cm³/mol. The van der Waals surface area contributed by atoms with Crippen LogP contribution in [0.1, 0.15) is 19.3 Å². The van der Waals surface area contributed by atoms with E-state index < -0.39 is 0 Å². The summed E-state index contributed by atoms with van der Waals surface area (Å²) in [6.45, 7) is 2.04. The Kier molecular flexibility index (Phi) is 3.10. The topological polar surface area (TPSA) is 49.7 Å². The highest BCUT2D eigenvalue weighted by molar-refractivity contribution is 7.71. The number of piperidine rings is 1. The molecule has 0 bridgehead atoms. The van der Waals surface area contributed by atoms with Crippen LogP contribution in [0.4, 0.5) is 0 Å². The Balaban J connectivity index is 2.03. The van der Waals surface area contributed by atoms with Crippen LogP contribution in [0.3, 0.4) is 0 Å². The molecule has 1 saturated heterocycles. The zero-order valence-electron chi connectivity index (χ0n) is 10.0. The molecule has 1 N–H and O–H groups in total. The van der Waals surface area contributed by atoms with Crippen molar-refractivity contribution in [3.63, 3.8) is 0 Å². The second-order valence-electron chi connectivity index (χ2n) is 4.39. The molecule has 18 heavy (non-hydrogen) atoms. The third kappa shape index (κ3) is 2.03. The van der Waals surface area contributed by atoms with Gasteiger partial charge in [0, 0.05) is 19.3 Å². The van der Waals surface area contributed by atoms with Crippen LogP contribution in [0.15, 0.2) is 24.4 Å². The largest absolute Gasteiger partial charge is 0.309 e. The first-order valence-electron chi connectivity index (χ1n) is 6.20. The summed E-state index contributed by atoms with van der Waals surface area (Å²) >= 11 is 5.33. The monoisotopic (exact) mass is 261 g/mol. The third-order valence-electron chi connectivity index (χ3n) is 3.16. The maximum atomic E-state index is 5.33. The molecule has 6 heteroatoms. The van der Waals surface area contributed by atoms with Crippen LogP contribution >= 0.6 is 12.2 Å². The molecule has 1 fully saturated rings. The van der Waals surface area contributed by atoms with E-state index in [-0.39, 0.29) is 0 Å². The fraction of sp³-hybridized carbons (Fsp3) is 0.417. The van der Waals surface area contributed by atoms with Crippen LogP contribution in [-0.2, 0) is 0 Å². The summed E-state index contributed by atoms with van der Waals surface area (Å²) in [4.78, 5) is 4.34. The SMILES string of the molecule is S=c1[nH]nc(-c2ccccn2)n1N1CCCCC1. The van der Waals surface area contributed by atoms with Crippen molar-refractivity contribution in [3.8, 4) is 11.5 Å². The lowest BCUT2D eigenvalue weighted by molar-refractivity contribution is 0.477. The van der Waals surface area contributed by atoms with E-state index in [1.807, 2.05) is 22.9 Å². The maximum absolute atomic E-state index is 5.33. The van der Waals surface area contributed by atoms with Crippen LogP contribution in [0.25, 0.3) is 11.5 Å². The summed E-state index contributed by atoms with van der Waals surface area (Å²) in [5.74, 6) is 0.794. The maximum Gasteiger partial charge on any atom is 0.214 e. The predicted octanol–water partition coefficient (Wildman–Crippen LogP) is 2.12. The van der Waals surface area contributed by atoms with Crippen molar-refractivity contribution < 1.29 is 0 Å². The minimum atomic E-state index is 0.637. The van der Waals surface area contributed by atoms with Crippen molar-refractivity contribution in [2.45, 2.75) is 19.3 Å². The Morgan fingerprint density at radius 1 is 1.17 bits per heavy atom. The van der Waals surface area contributed by atoms with E-state index in [2.05, 4.69) is 20.2 Å². The van der Waals surface area contributed by atoms with Crippen LogP contribution in [0.2, 0.25) is 0 Å². The van der Waals surface area contributed by atoms with Gasteiger partial charge in [0.15, 0.2) is 5.82 Å². The highest BCUT2D eigenvalue weighted by Crippen LogP contribution is 2.17. The molecule has 3 rings (SSSR count).